The second-order valence-electron chi connectivity index (χ2n) is 3.83. The first kappa shape index (κ1) is 10.8. The van der Waals surface area contributed by atoms with E-state index >= 15 is 0 Å². The van der Waals surface area contributed by atoms with E-state index in [1.807, 2.05) is 6.92 Å². The molecule has 0 radical (unpaired) electrons. The van der Waals surface area contributed by atoms with Gasteiger partial charge in [-0.2, -0.15) is 0 Å². The summed E-state index contributed by atoms with van der Waals surface area (Å²) in [5.74, 6) is 0. The van der Waals surface area contributed by atoms with Crippen LogP contribution in [0.3, 0.4) is 0 Å². The monoisotopic (exact) mass is 177 g/mol. The second kappa shape index (κ2) is 3.96. The number of nitrogens with zero attached hydrogens (tertiary/aromatic N) is 1. The minimum Gasteiger partial charge on any atom is -0.329 e. The Morgan fingerprint density at radius 1 is 1.45 bits per heavy atom. The Hall–Kier alpha value is -0.240. The minimum atomic E-state index is -0.359. The number of rotatable bonds is 2. The van der Waals surface area contributed by atoms with E-state index in [1.54, 1.807) is 4.90 Å². The summed E-state index contributed by atoms with van der Waals surface area (Å²) in [5, 5.41) is -0.359. The molecule has 3 heteroatoms. The molecule has 1 amide bonds. The molecule has 0 aromatic heterocycles. The van der Waals surface area contributed by atoms with Crippen LogP contribution in [0.25, 0.3) is 0 Å². The number of halogens is 1. The highest BCUT2D eigenvalue weighted by atomic mass is 35.5. The first-order valence-corrected chi connectivity index (χ1v) is 4.19. The Labute approximate surface area is 73.5 Å². The lowest BCUT2D eigenvalue weighted by Crippen LogP contribution is -2.34. The number of amides is 1. The third-order valence-corrected chi connectivity index (χ3v) is 1.53. The van der Waals surface area contributed by atoms with E-state index in [-0.39, 0.29) is 10.8 Å². The van der Waals surface area contributed by atoms with E-state index in [0.29, 0.717) is 13.1 Å². The predicted molar refractivity (Wildman–Crippen MR) is 48.0 cm³/mol. The van der Waals surface area contributed by atoms with Crippen molar-refractivity contribution >= 4 is 17.0 Å². The fourth-order valence-corrected chi connectivity index (χ4v) is 1.05. The van der Waals surface area contributed by atoms with Crippen LogP contribution < -0.4 is 0 Å². The van der Waals surface area contributed by atoms with Crippen molar-refractivity contribution in [1.29, 1.82) is 0 Å². The van der Waals surface area contributed by atoms with Crippen molar-refractivity contribution in [2.24, 2.45) is 5.41 Å². The van der Waals surface area contributed by atoms with Gasteiger partial charge in [-0.05, 0) is 23.9 Å². The van der Waals surface area contributed by atoms with Crippen molar-refractivity contribution in [3.8, 4) is 0 Å². The molecule has 0 N–H and O–H groups in total. The zero-order valence-electron chi connectivity index (χ0n) is 7.65. The topological polar surface area (TPSA) is 20.3 Å². The molecule has 0 fully saturated rings. The number of hydrogen-bond acceptors (Lipinski definition) is 1. The predicted octanol–water partition coefficient (Wildman–Crippen LogP) is 2.71. The molecule has 11 heavy (non-hydrogen) atoms. The summed E-state index contributed by atoms with van der Waals surface area (Å²) >= 11 is 5.34. The summed E-state index contributed by atoms with van der Waals surface area (Å²) in [6.45, 7) is 9.55. The molecule has 0 bridgehead atoms. The van der Waals surface area contributed by atoms with Gasteiger partial charge in [-0.3, -0.25) is 4.79 Å². The van der Waals surface area contributed by atoms with Crippen LogP contribution in [0.5, 0.6) is 0 Å². The third kappa shape index (κ3) is 5.08. The van der Waals surface area contributed by atoms with Gasteiger partial charge < -0.3 is 4.90 Å². The summed E-state index contributed by atoms with van der Waals surface area (Å²) in [6.07, 6.45) is 0. The molecule has 0 aliphatic heterocycles. The van der Waals surface area contributed by atoms with Gasteiger partial charge in [0, 0.05) is 13.1 Å². The van der Waals surface area contributed by atoms with Crippen molar-refractivity contribution in [1.82, 2.24) is 4.90 Å². The molecule has 0 saturated carbocycles. The van der Waals surface area contributed by atoms with Crippen LogP contribution >= 0.6 is 11.6 Å². The van der Waals surface area contributed by atoms with Gasteiger partial charge in [0.2, 0.25) is 0 Å². The number of hydrogen-bond donors (Lipinski definition) is 0. The van der Waals surface area contributed by atoms with Crippen molar-refractivity contribution in [2.75, 3.05) is 13.1 Å². The van der Waals surface area contributed by atoms with Gasteiger partial charge in [-0.1, -0.05) is 20.8 Å². The number of carbonyl (C=O) groups excluding carboxylic acids is 1. The highest BCUT2D eigenvalue weighted by Gasteiger charge is 2.17. The van der Waals surface area contributed by atoms with Crippen molar-refractivity contribution < 1.29 is 4.79 Å². The summed E-state index contributed by atoms with van der Waals surface area (Å²) in [6, 6.07) is 0. The summed E-state index contributed by atoms with van der Waals surface area (Å²) in [5.41, 5.74) is 0.126. The molecule has 0 aliphatic carbocycles. The zero-order chi connectivity index (χ0) is 9.07. The highest BCUT2D eigenvalue weighted by Crippen LogP contribution is 2.15. The normalized spacial score (nSPS) is 11.4. The molecular formula is C8H16ClNO. The van der Waals surface area contributed by atoms with Crippen LogP contribution in [0.1, 0.15) is 27.7 Å². The van der Waals surface area contributed by atoms with E-state index in [2.05, 4.69) is 20.8 Å². The molecule has 0 heterocycles. The maximum absolute atomic E-state index is 10.7. The molecule has 0 saturated heterocycles. The summed E-state index contributed by atoms with van der Waals surface area (Å²) in [4.78, 5) is 12.4. The average molecular weight is 178 g/mol. The lowest BCUT2D eigenvalue weighted by atomic mass is 9.96. The van der Waals surface area contributed by atoms with Crippen LogP contribution in [0.15, 0.2) is 0 Å². The zero-order valence-corrected chi connectivity index (χ0v) is 8.40. The van der Waals surface area contributed by atoms with Gasteiger partial charge in [0.25, 0.3) is 0 Å². The Morgan fingerprint density at radius 2 is 1.91 bits per heavy atom. The van der Waals surface area contributed by atoms with Crippen LogP contribution in [0.4, 0.5) is 4.79 Å². The van der Waals surface area contributed by atoms with Gasteiger partial charge in [-0.25, -0.2) is 0 Å². The standard InChI is InChI=1S/C8H16ClNO/c1-5-10(7(9)11)6-8(2,3)4/h5-6H2,1-4H3. The fourth-order valence-electron chi connectivity index (χ4n) is 0.871. The fraction of sp³-hybridized carbons (Fsp3) is 0.875. The maximum atomic E-state index is 10.7. The van der Waals surface area contributed by atoms with E-state index in [0.717, 1.165) is 0 Å². The Morgan fingerprint density at radius 3 is 2.00 bits per heavy atom. The smallest absolute Gasteiger partial charge is 0.316 e. The van der Waals surface area contributed by atoms with E-state index in [1.165, 1.54) is 0 Å². The summed E-state index contributed by atoms with van der Waals surface area (Å²) in [7, 11) is 0. The molecule has 0 aromatic carbocycles. The van der Waals surface area contributed by atoms with Crippen LogP contribution in [-0.4, -0.2) is 23.4 Å². The average Bonchev–Trinajstić information content (AvgIpc) is 1.80. The molecular weight excluding hydrogens is 162 g/mol. The minimum absolute atomic E-state index is 0.126. The van der Waals surface area contributed by atoms with E-state index in [4.69, 9.17) is 11.6 Å². The van der Waals surface area contributed by atoms with Crippen molar-refractivity contribution in [2.45, 2.75) is 27.7 Å². The van der Waals surface area contributed by atoms with Crippen LogP contribution in [0, 0.1) is 5.41 Å². The third-order valence-electron chi connectivity index (χ3n) is 1.30. The summed E-state index contributed by atoms with van der Waals surface area (Å²) < 4.78 is 0. The molecule has 0 spiro atoms. The van der Waals surface area contributed by atoms with E-state index in [9.17, 15) is 4.79 Å². The molecule has 2 nitrogen and oxygen atoms in total. The highest BCUT2D eigenvalue weighted by molar-refractivity contribution is 6.62. The first-order chi connectivity index (χ1) is 4.87. The second-order valence-corrected chi connectivity index (χ2v) is 4.15. The van der Waals surface area contributed by atoms with Crippen LogP contribution in [0.2, 0.25) is 0 Å². The van der Waals surface area contributed by atoms with Gasteiger partial charge in [-0.15, -0.1) is 0 Å². The number of carbonyl (C=O) groups is 1. The SMILES string of the molecule is CCN(CC(C)(C)C)C(=O)Cl. The first-order valence-electron chi connectivity index (χ1n) is 3.81. The Kier molecular flexibility index (Phi) is 3.87. The van der Waals surface area contributed by atoms with Crippen molar-refractivity contribution in [3.63, 3.8) is 0 Å². The van der Waals surface area contributed by atoms with Gasteiger partial charge in [0.15, 0.2) is 0 Å². The van der Waals surface area contributed by atoms with Gasteiger partial charge in [0.1, 0.15) is 0 Å². The van der Waals surface area contributed by atoms with Gasteiger partial charge >= 0.3 is 5.37 Å². The maximum Gasteiger partial charge on any atom is 0.316 e. The lowest BCUT2D eigenvalue weighted by molar-refractivity contribution is 0.198. The van der Waals surface area contributed by atoms with Gasteiger partial charge in [0.05, 0.1) is 0 Å². The Bertz CT molecular complexity index is 140. The largest absolute Gasteiger partial charge is 0.329 e. The molecule has 0 atom stereocenters. The molecule has 0 rings (SSSR count). The lowest BCUT2D eigenvalue weighted by Gasteiger charge is -2.26. The molecule has 0 aromatic rings. The van der Waals surface area contributed by atoms with Crippen LogP contribution in [-0.2, 0) is 0 Å². The molecule has 0 aliphatic rings. The molecule has 66 valence electrons. The van der Waals surface area contributed by atoms with E-state index < -0.39 is 0 Å². The Balaban J connectivity index is 3.99. The van der Waals surface area contributed by atoms with Crippen molar-refractivity contribution in [3.05, 3.63) is 0 Å². The quantitative estimate of drug-likeness (QED) is 0.469. The molecule has 0 unspecified atom stereocenters.